The quantitative estimate of drug-likeness (QED) is 0.417. The first-order valence-electron chi connectivity index (χ1n) is 8.52. The topological polar surface area (TPSA) is 76.7 Å². The Morgan fingerprint density at radius 3 is 2.36 bits per heavy atom. The molecule has 7 heteroatoms. The summed E-state index contributed by atoms with van der Waals surface area (Å²) in [6.07, 6.45) is 3.65. The largest absolute Gasteiger partial charge is 0.490 e. The molecule has 6 nitrogen and oxygen atoms in total. The molecular weight excluding hydrogens is 363 g/mol. The van der Waals surface area contributed by atoms with Crippen LogP contribution in [-0.2, 0) is 9.59 Å². The summed E-state index contributed by atoms with van der Waals surface area (Å²) >= 11 is 0. The zero-order valence-corrected chi connectivity index (χ0v) is 15.4. The molecule has 0 aliphatic rings. The van der Waals surface area contributed by atoms with E-state index in [0.29, 0.717) is 18.1 Å². The average molecular weight is 384 g/mol. The highest BCUT2D eigenvalue weighted by Gasteiger charge is 2.14. The van der Waals surface area contributed by atoms with Crippen LogP contribution in [0.1, 0.15) is 12.5 Å². The number of nitrogens with one attached hydrogen (secondary N) is 2. The molecule has 2 N–H and O–H groups in total. The van der Waals surface area contributed by atoms with Crippen molar-refractivity contribution < 1.29 is 23.5 Å². The number of rotatable bonds is 8. The predicted molar refractivity (Wildman–Crippen MR) is 104 cm³/mol. The van der Waals surface area contributed by atoms with Crippen LogP contribution in [0.25, 0.3) is 6.08 Å². The Kier molecular flexibility index (Phi) is 7.77. The summed E-state index contributed by atoms with van der Waals surface area (Å²) in [5.41, 5.74) is 5.32. The van der Waals surface area contributed by atoms with E-state index in [9.17, 15) is 14.0 Å². The molecule has 0 radical (unpaired) electrons. The molecular formula is C21H21FN2O4. The van der Waals surface area contributed by atoms with Crippen molar-refractivity contribution in [1.29, 1.82) is 0 Å². The highest BCUT2D eigenvalue weighted by atomic mass is 19.1. The lowest BCUT2D eigenvalue weighted by Gasteiger charge is -2.14. The maximum atomic E-state index is 12.9. The minimum Gasteiger partial charge on any atom is -0.490 e. The third-order valence-electron chi connectivity index (χ3n) is 3.48. The van der Waals surface area contributed by atoms with Crippen LogP contribution in [0.2, 0.25) is 0 Å². The number of halogens is 1. The van der Waals surface area contributed by atoms with Gasteiger partial charge < -0.3 is 9.47 Å². The van der Waals surface area contributed by atoms with E-state index < -0.39 is 23.7 Å². The van der Waals surface area contributed by atoms with Gasteiger partial charge in [0.05, 0.1) is 0 Å². The number of ether oxygens (including phenoxy) is 2. The van der Waals surface area contributed by atoms with Gasteiger partial charge >= 0.3 is 0 Å². The minimum absolute atomic E-state index is 0.343. The Labute approximate surface area is 162 Å². The van der Waals surface area contributed by atoms with Crippen LogP contribution < -0.4 is 20.3 Å². The van der Waals surface area contributed by atoms with Crippen LogP contribution in [0.5, 0.6) is 11.5 Å². The van der Waals surface area contributed by atoms with Gasteiger partial charge in [-0.15, -0.1) is 0 Å². The molecule has 28 heavy (non-hydrogen) atoms. The maximum absolute atomic E-state index is 12.9. The van der Waals surface area contributed by atoms with Gasteiger partial charge in [-0.2, -0.15) is 0 Å². The van der Waals surface area contributed by atoms with Gasteiger partial charge in [-0.1, -0.05) is 24.8 Å². The second-order valence-corrected chi connectivity index (χ2v) is 5.69. The van der Waals surface area contributed by atoms with Crippen molar-refractivity contribution in [2.75, 3.05) is 6.61 Å². The molecule has 2 aromatic carbocycles. The molecule has 0 aromatic heterocycles. The van der Waals surface area contributed by atoms with Gasteiger partial charge in [0.25, 0.3) is 11.8 Å². The van der Waals surface area contributed by atoms with Crippen molar-refractivity contribution in [3.63, 3.8) is 0 Å². The van der Waals surface area contributed by atoms with Crippen LogP contribution in [0.15, 0.2) is 67.3 Å². The van der Waals surface area contributed by atoms with E-state index in [1.165, 1.54) is 37.3 Å². The highest BCUT2D eigenvalue weighted by molar-refractivity contribution is 5.93. The fraction of sp³-hybridized carbons (Fsp3) is 0.143. The third-order valence-corrected chi connectivity index (χ3v) is 3.48. The number of hydrogen-bond donors (Lipinski definition) is 2. The number of amides is 2. The lowest BCUT2D eigenvalue weighted by Crippen LogP contribution is -2.46. The van der Waals surface area contributed by atoms with E-state index in [2.05, 4.69) is 17.4 Å². The average Bonchev–Trinajstić information content (AvgIpc) is 2.71. The molecule has 0 aliphatic heterocycles. The summed E-state index contributed by atoms with van der Waals surface area (Å²) in [5.74, 6) is -0.411. The maximum Gasteiger partial charge on any atom is 0.279 e. The Morgan fingerprint density at radius 2 is 1.71 bits per heavy atom. The third kappa shape index (κ3) is 6.95. The van der Waals surface area contributed by atoms with Crippen molar-refractivity contribution in [1.82, 2.24) is 10.9 Å². The van der Waals surface area contributed by atoms with Gasteiger partial charge in [-0.05, 0) is 55.0 Å². The molecule has 146 valence electrons. The number of carbonyl (C=O) groups is 2. The van der Waals surface area contributed by atoms with Crippen LogP contribution in [0, 0.1) is 5.82 Å². The summed E-state index contributed by atoms with van der Waals surface area (Å²) in [7, 11) is 0. The normalized spacial score (nSPS) is 11.5. The molecule has 2 amide bonds. The molecule has 0 aliphatic carbocycles. The summed E-state index contributed by atoms with van der Waals surface area (Å²) in [5, 5.41) is 0. The van der Waals surface area contributed by atoms with Crippen molar-refractivity contribution >= 4 is 17.9 Å². The van der Waals surface area contributed by atoms with E-state index in [-0.39, 0.29) is 0 Å². The van der Waals surface area contributed by atoms with E-state index in [1.807, 2.05) is 0 Å². The molecule has 0 spiro atoms. The Balaban J connectivity index is 1.77. The first-order valence-corrected chi connectivity index (χ1v) is 8.52. The zero-order valence-electron chi connectivity index (χ0n) is 15.4. The van der Waals surface area contributed by atoms with Crippen molar-refractivity contribution in [3.05, 3.63) is 78.6 Å². The highest BCUT2D eigenvalue weighted by Crippen LogP contribution is 2.14. The molecule has 0 unspecified atom stereocenters. The number of benzene rings is 2. The smallest absolute Gasteiger partial charge is 0.279 e. The van der Waals surface area contributed by atoms with Gasteiger partial charge in [0, 0.05) is 6.08 Å². The molecule has 2 aromatic rings. The predicted octanol–water partition coefficient (Wildman–Crippen LogP) is 3.02. The zero-order chi connectivity index (χ0) is 20.4. The van der Waals surface area contributed by atoms with E-state index in [4.69, 9.17) is 9.47 Å². The van der Waals surface area contributed by atoms with Gasteiger partial charge in [0.15, 0.2) is 6.10 Å². The fourth-order valence-electron chi connectivity index (χ4n) is 2.04. The summed E-state index contributed by atoms with van der Waals surface area (Å²) in [6.45, 7) is 5.50. The fourth-order valence-corrected chi connectivity index (χ4v) is 2.04. The molecule has 0 fully saturated rings. The van der Waals surface area contributed by atoms with Crippen LogP contribution >= 0.6 is 0 Å². The van der Waals surface area contributed by atoms with Crippen LogP contribution in [-0.4, -0.2) is 24.5 Å². The summed E-state index contributed by atoms with van der Waals surface area (Å²) in [4.78, 5) is 23.8. The Morgan fingerprint density at radius 1 is 1.07 bits per heavy atom. The monoisotopic (exact) mass is 384 g/mol. The van der Waals surface area contributed by atoms with Crippen molar-refractivity contribution in [2.24, 2.45) is 0 Å². The molecule has 1 atom stereocenters. The molecule has 0 saturated heterocycles. The van der Waals surface area contributed by atoms with Gasteiger partial charge in [0.1, 0.15) is 23.9 Å². The van der Waals surface area contributed by atoms with Gasteiger partial charge in [0.2, 0.25) is 0 Å². The van der Waals surface area contributed by atoms with E-state index in [1.54, 1.807) is 36.4 Å². The van der Waals surface area contributed by atoms with Gasteiger partial charge in [-0.3, -0.25) is 20.4 Å². The van der Waals surface area contributed by atoms with Crippen LogP contribution in [0.3, 0.4) is 0 Å². The first-order chi connectivity index (χ1) is 13.5. The van der Waals surface area contributed by atoms with Crippen molar-refractivity contribution in [2.45, 2.75) is 13.0 Å². The van der Waals surface area contributed by atoms with E-state index >= 15 is 0 Å². The molecule has 0 bridgehead atoms. The summed E-state index contributed by atoms with van der Waals surface area (Å²) in [6, 6.07) is 12.4. The lowest BCUT2D eigenvalue weighted by atomic mass is 10.2. The SMILES string of the molecule is C=CCOc1ccc(/C=C/C(=O)NNC(=O)[C@H](C)Oc2ccc(F)cc2)cc1. The standard InChI is InChI=1S/C21H21FN2O4/c1-3-14-27-18-9-4-16(5-10-18)6-13-20(25)23-24-21(26)15(2)28-19-11-7-17(22)8-12-19/h3-13,15H,1,14H2,2H3,(H,23,25)(H,24,26)/b13-6+/t15-/m0/s1. The van der Waals surface area contributed by atoms with E-state index in [0.717, 1.165) is 5.56 Å². The minimum atomic E-state index is -0.877. The number of carbonyl (C=O) groups excluding carboxylic acids is 2. The molecule has 2 rings (SSSR count). The first kappa shape index (κ1) is 20.7. The number of hydrazine groups is 1. The van der Waals surface area contributed by atoms with Crippen LogP contribution in [0.4, 0.5) is 4.39 Å². The Hall–Kier alpha value is -3.61. The second-order valence-electron chi connectivity index (χ2n) is 5.69. The van der Waals surface area contributed by atoms with Crippen molar-refractivity contribution in [3.8, 4) is 11.5 Å². The Bertz CT molecular complexity index is 832. The molecule has 0 heterocycles. The summed E-state index contributed by atoms with van der Waals surface area (Å²) < 4.78 is 23.6. The second kappa shape index (κ2) is 10.5. The number of hydrogen-bond acceptors (Lipinski definition) is 4. The lowest BCUT2D eigenvalue weighted by molar-refractivity contribution is -0.131. The molecule has 0 saturated carbocycles. The van der Waals surface area contributed by atoms with Gasteiger partial charge in [-0.25, -0.2) is 4.39 Å².